The van der Waals surface area contributed by atoms with Gasteiger partial charge in [-0.15, -0.1) is 0 Å². The fourth-order valence-electron chi connectivity index (χ4n) is 1.60. The number of aliphatic carboxylic acids is 1. The largest absolute Gasteiger partial charge is 0.481 e. The number of halogens is 1. The molecule has 1 unspecified atom stereocenters. The number of carboxylic acids is 1. The van der Waals surface area contributed by atoms with Gasteiger partial charge in [0.25, 0.3) is 0 Å². The lowest BCUT2D eigenvalue weighted by molar-refractivity contribution is -0.141. The molecule has 0 fully saturated rings. The van der Waals surface area contributed by atoms with E-state index in [-0.39, 0.29) is 5.92 Å². The molecule has 0 amide bonds. The molecule has 17 heavy (non-hydrogen) atoms. The van der Waals surface area contributed by atoms with Crippen LogP contribution >= 0.6 is 11.6 Å². The van der Waals surface area contributed by atoms with Crippen LogP contribution in [0.4, 0.5) is 0 Å². The van der Waals surface area contributed by atoms with Gasteiger partial charge in [0.2, 0.25) is 0 Å². The number of carbonyl (C=O) groups is 1. The normalized spacial score (nSPS) is 11.9. The summed E-state index contributed by atoms with van der Waals surface area (Å²) in [6.07, 6.45) is 3.03. The van der Waals surface area contributed by atoms with Crippen LogP contribution in [0.25, 0.3) is 0 Å². The number of rotatable bonds is 5. The lowest BCUT2D eigenvalue weighted by Crippen LogP contribution is -2.15. The summed E-state index contributed by atoms with van der Waals surface area (Å²) in [6, 6.07) is 7.36. The molecule has 0 aliphatic rings. The zero-order chi connectivity index (χ0) is 12.8. The summed E-state index contributed by atoms with van der Waals surface area (Å²) in [5, 5.41) is 9.80. The Morgan fingerprint density at radius 3 is 2.71 bits per heavy atom. The minimum atomic E-state index is -0.762. The Kier molecular flexibility index (Phi) is 5.23. The SMILES string of the molecule is CC(C)=CCC(Cc1cccc(Cl)c1)C(=O)O. The third-order valence-electron chi connectivity index (χ3n) is 2.53. The smallest absolute Gasteiger partial charge is 0.307 e. The van der Waals surface area contributed by atoms with Crippen LogP contribution in [0.2, 0.25) is 5.02 Å². The van der Waals surface area contributed by atoms with E-state index >= 15 is 0 Å². The van der Waals surface area contributed by atoms with Crippen molar-refractivity contribution in [2.45, 2.75) is 26.7 Å². The molecule has 1 aromatic rings. The van der Waals surface area contributed by atoms with Crippen LogP contribution in [0, 0.1) is 5.92 Å². The average molecular weight is 253 g/mol. The molecule has 0 spiro atoms. The van der Waals surface area contributed by atoms with Crippen LogP contribution < -0.4 is 0 Å². The van der Waals surface area contributed by atoms with Crippen molar-refractivity contribution >= 4 is 17.6 Å². The number of hydrogen-bond donors (Lipinski definition) is 1. The zero-order valence-corrected chi connectivity index (χ0v) is 10.9. The molecule has 3 heteroatoms. The third-order valence-corrected chi connectivity index (χ3v) is 2.77. The quantitative estimate of drug-likeness (QED) is 0.806. The monoisotopic (exact) mass is 252 g/mol. The molecule has 0 radical (unpaired) electrons. The summed E-state index contributed by atoms with van der Waals surface area (Å²) in [5.41, 5.74) is 2.11. The lowest BCUT2D eigenvalue weighted by atomic mass is 9.95. The summed E-state index contributed by atoms with van der Waals surface area (Å²) < 4.78 is 0. The predicted octanol–water partition coefficient (Wildman–Crippen LogP) is 3.94. The minimum Gasteiger partial charge on any atom is -0.481 e. The first-order valence-electron chi connectivity index (χ1n) is 5.59. The van der Waals surface area contributed by atoms with Gasteiger partial charge in [-0.2, -0.15) is 0 Å². The number of hydrogen-bond acceptors (Lipinski definition) is 1. The van der Waals surface area contributed by atoms with Crippen molar-refractivity contribution < 1.29 is 9.90 Å². The van der Waals surface area contributed by atoms with Crippen LogP contribution in [-0.2, 0) is 11.2 Å². The second kappa shape index (κ2) is 6.45. The highest BCUT2D eigenvalue weighted by Gasteiger charge is 2.16. The molecule has 1 atom stereocenters. The van der Waals surface area contributed by atoms with Crippen LogP contribution in [0.15, 0.2) is 35.9 Å². The molecule has 92 valence electrons. The highest BCUT2D eigenvalue weighted by atomic mass is 35.5. The van der Waals surface area contributed by atoms with E-state index in [1.165, 1.54) is 0 Å². The van der Waals surface area contributed by atoms with E-state index in [0.29, 0.717) is 17.9 Å². The number of benzene rings is 1. The van der Waals surface area contributed by atoms with Gasteiger partial charge >= 0.3 is 5.97 Å². The van der Waals surface area contributed by atoms with Crippen molar-refractivity contribution in [1.29, 1.82) is 0 Å². The summed E-state index contributed by atoms with van der Waals surface area (Å²) >= 11 is 5.88. The van der Waals surface area contributed by atoms with E-state index < -0.39 is 5.97 Å². The highest BCUT2D eigenvalue weighted by Crippen LogP contribution is 2.17. The molecule has 0 aliphatic carbocycles. The van der Waals surface area contributed by atoms with Crippen molar-refractivity contribution in [3.8, 4) is 0 Å². The third kappa shape index (κ3) is 5.05. The molecular weight excluding hydrogens is 236 g/mol. The van der Waals surface area contributed by atoms with Crippen molar-refractivity contribution in [3.63, 3.8) is 0 Å². The maximum absolute atomic E-state index is 11.1. The molecule has 0 saturated heterocycles. The Hall–Kier alpha value is -1.28. The fourth-order valence-corrected chi connectivity index (χ4v) is 1.81. The van der Waals surface area contributed by atoms with Crippen molar-refractivity contribution in [3.05, 3.63) is 46.5 Å². The first kappa shape index (κ1) is 13.8. The summed E-state index contributed by atoms with van der Waals surface area (Å²) in [4.78, 5) is 11.1. The van der Waals surface area contributed by atoms with E-state index in [1.54, 1.807) is 6.07 Å². The molecule has 0 bridgehead atoms. The number of carboxylic acid groups (broad SMARTS) is 1. The molecule has 1 rings (SSSR count). The molecule has 0 heterocycles. The van der Waals surface area contributed by atoms with Gasteiger partial charge in [-0.25, -0.2) is 0 Å². The Morgan fingerprint density at radius 2 is 2.18 bits per heavy atom. The van der Waals surface area contributed by atoms with Gasteiger partial charge in [0, 0.05) is 5.02 Å². The van der Waals surface area contributed by atoms with Gasteiger partial charge in [-0.3, -0.25) is 4.79 Å². The molecule has 0 saturated carbocycles. The van der Waals surface area contributed by atoms with Crippen molar-refractivity contribution in [2.75, 3.05) is 0 Å². The second-order valence-corrected chi connectivity index (χ2v) is 4.82. The first-order valence-corrected chi connectivity index (χ1v) is 5.97. The molecule has 2 nitrogen and oxygen atoms in total. The van der Waals surface area contributed by atoms with Gasteiger partial charge in [-0.1, -0.05) is 35.4 Å². The standard InChI is InChI=1S/C14H17ClO2/c1-10(2)6-7-12(14(16)17)8-11-4-3-5-13(15)9-11/h3-6,9,12H,7-8H2,1-2H3,(H,16,17). The van der Waals surface area contributed by atoms with Crippen molar-refractivity contribution in [1.82, 2.24) is 0 Å². The Bertz CT molecular complexity index is 420. The van der Waals surface area contributed by atoms with Crippen LogP contribution in [0.3, 0.4) is 0 Å². The summed E-state index contributed by atoms with van der Waals surface area (Å²) in [5.74, 6) is -1.15. The Balaban J connectivity index is 2.73. The summed E-state index contributed by atoms with van der Waals surface area (Å²) in [7, 11) is 0. The molecule has 1 N–H and O–H groups in total. The van der Waals surface area contributed by atoms with E-state index in [2.05, 4.69) is 0 Å². The maximum Gasteiger partial charge on any atom is 0.307 e. The van der Waals surface area contributed by atoms with Gasteiger partial charge in [0.1, 0.15) is 0 Å². The molecular formula is C14H17ClO2. The Labute approximate surface area is 107 Å². The maximum atomic E-state index is 11.1. The van der Waals surface area contributed by atoms with E-state index in [0.717, 1.165) is 11.1 Å². The Morgan fingerprint density at radius 1 is 1.47 bits per heavy atom. The van der Waals surface area contributed by atoms with Crippen LogP contribution in [-0.4, -0.2) is 11.1 Å². The van der Waals surface area contributed by atoms with Gasteiger partial charge in [-0.05, 0) is 44.4 Å². The highest BCUT2D eigenvalue weighted by molar-refractivity contribution is 6.30. The van der Waals surface area contributed by atoms with Gasteiger partial charge in [0.15, 0.2) is 0 Å². The van der Waals surface area contributed by atoms with Crippen LogP contribution in [0.1, 0.15) is 25.8 Å². The second-order valence-electron chi connectivity index (χ2n) is 4.39. The van der Waals surface area contributed by atoms with Crippen LogP contribution in [0.5, 0.6) is 0 Å². The fraction of sp³-hybridized carbons (Fsp3) is 0.357. The van der Waals surface area contributed by atoms with E-state index in [4.69, 9.17) is 16.7 Å². The molecule has 0 aliphatic heterocycles. The van der Waals surface area contributed by atoms with E-state index in [9.17, 15) is 4.79 Å². The molecule has 0 aromatic heterocycles. The average Bonchev–Trinajstić information content (AvgIpc) is 2.23. The van der Waals surface area contributed by atoms with Gasteiger partial charge < -0.3 is 5.11 Å². The minimum absolute atomic E-state index is 0.386. The lowest BCUT2D eigenvalue weighted by Gasteiger charge is -2.10. The number of allylic oxidation sites excluding steroid dienone is 2. The first-order chi connectivity index (χ1) is 7.99. The zero-order valence-electron chi connectivity index (χ0n) is 10.1. The molecule has 1 aromatic carbocycles. The topological polar surface area (TPSA) is 37.3 Å². The van der Waals surface area contributed by atoms with E-state index in [1.807, 2.05) is 38.1 Å². The predicted molar refractivity (Wildman–Crippen MR) is 70.3 cm³/mol. The van der Waals surface area contributed by atoms with Crippen molar-refractivity contribution in [2.24, 2.45) is 5.92 Å². The summed E-state index contributed by atoms with van der Waals surface area (Å²) in [6.45, 7) is 3.94. The van der Waals surface area contributed by atoms with Gasteiger partial charge in [0.05, 0.1) is 5.92 Å².